The third-order valence-electron chi connectivity index (χ3n) is 3.31. The molecule has 1 unspecified atom stereocenters. The molecule has 1 atom stereocenters. The van der Waals surface area contributed by atoms with Crippen LogP contribution in [0.15, 0.2) is 53.6 Å². The topological polar surface area (TPSA) is 60.7 Å². The fourth-order valence-electron chi connectivity index (χ4n) is 2.16. The molecule has 0 fully saturated rings. The maximum atomic E-state index is 10.2. The van der Waals surface area contributed by atoms with E-state index in [1.165, 1.54) is 0 Å². The number of phenolic OH excluding ortho intramolecular Hbond substituents is 1. The molecule has 3 N–H and O–H groups in total. The number of rotatable bonds is 7. The molecule has 0 amide bonds. The smallest absolute Gasteiger partial charge is 0.122 e. The van der Waals surface area contributed by atoms with Crippen LogP contribution in [-0.4, -0.2) is 28.0 Å². The zero-order chi connectivity index (χ0) is 15.8. The van der Waals surface area contributed by atoms with Gasteiger partial charge >= 0.3 is 0 Å². The minimum absolute atomic E-state index is 0.105. The molecule has 3 nitrogen and oxygen atoms in total. The molecule has 0 aliphatic carbocycles. The van der Waals surface area contributed by atoms with Crippen LogP contribution in [0.25, 0.3) is 6.08 Å². The molecule has 0 spiro atoms. The van der Waals surface area contributed by atoms with E-state index in [2.05, 4.69) is 6.58 Å². The summed E-state index contributed by atoms with van der Waals surface area (Å²) in [5.74, 6) is 0.250. The molecule has 0 aliphatic heterocycles. The Morgan fingerprint density at radius 2 is 1.95 bits per heavy atom. The third kappa shape index (κ3) is 5.58. The Bertz CT molecular complexity index is 541. The molecule has 1 rings (SSSR count). The first kappa shape index (κ1) is 17.2. The second kappa shape index (κ2) is 8.45. The van der Waals surface area contributed by atoms with Crippen molar-refractivity contribution in [2.75, 3.05) is 6.61 Å². The number of hydrogen-bond acceptors (Lipinski definition) is 3. The normalized spacial score (nSPS) is 14.1. The Balaban J connectivity index is 2.68. The number of aliphatic hydroxyl groups is 2. The van der Waals surface area contributed by atoms with Crippen molar-refractivity contribution >= 4 is 6.08 Å². The van der Waals surface area contributed by atoms with Gasteiger partial charge in [0.25, 0.3) is 0 Å². The Labute approximate surface area is 126 Å². The molecule has 1 aromatic rings. The van der Waals surface area contributed by atoms with E-state index in [0.29, 0.717) is 18.4 Å². The Morgan fingerprint density at radius 1 is 1.29 bits per heavy atom. The Morgan fingerprint density at radius 3 is 2.52 bits per heavy atom. The van der Waals surface area contributed by atoms with Gasteiger partial charge in [0.2, 0.25) is 0 Å². The van der Waals surface area contributed by atoms with E-state index in [1.54, 1.807) is 18.2 Å². The molecule has 0 radical (unpaired) electrons. The fourth-order valence-corrected chi connectivity index (χ4v) is 2.16. The lowest BCUT2D eigenvalue weighted by Gasteiger charge is -2.15. The summed E-state index contributed by atoms with van der Waals surface area (Å²) in [6, 6.07) is 7.15. The molecular formula is C18H24O3. The molecule has 3 heteroatoms. The van der Waals surface area contributed by atoms with Crippen LogP contribution in [-0.2, 0) is 0 Å². The summed E-state index contributed by atoms with van der Waals surface area (Å²) in [4.78, 5) is 0. The molecular weight excluding hydrogens is 264 g/mol. The van der Waals surface area contributed by atoms with Gasteiger partial charge in [-0.2, -0.15) is 0 Å². The molecule has 0 aromatic heterocycles. The van der Waals surface area contributed by atoms with Crippen LogP contribution < -0.4 is 0 Å². The number of phenols is 1. The molecule has 0 saturated heterocycles. The first-order valence-corrected chi connectivity index (χ1v) is 7.05. The second-order valence-corrected chi connectivity index (χ2v) is 5.23. The minimum Gasteiger partial charge on any atom is -0.507 e. The predicted molar refractivity (Wildman–Crippen MR) is 87.0 cm³/mol. The van der Waals surface area contributed by atoms with Gasteiger partial charge in [-0.15, -0.1) is 0 Å². The van der Waals surface area contributed by atoms with E-state index in [9.17, 15) is 10.2 Å². The van der Waals surface area contributed by atoms with Gasteiger partial charge in [-0.05, 0) is 38.3 Å². The molecule has 1 aromatic carbocycles. The van der Waals surface area contributed by atoms with E-state index in [1.807, 2.05) is 32.1 Å². The number of aliphatic hydroxyl groups excluding tert-OH is 2. The molecule has 0 aliphatic rings. The van der Waals surface area contributed by atoms with Crippen LogP contribution in [0.4, 0.5) is 0 Å². The lowest BCUT2D eigenvalue weighted by atomic mass is 9.96. The van der Waals surface area contributed by atoms with Crippen molar-refractivity contribution in [1.29, 1.82) is 0 Å². The van der Waals surface area contributed by atoms with Gasteiger partial charge in [-0.3, -0.25) is 0 Å². The Hall–Kier alpha value is -1.84. The van der Waals surface area contributed by atoms with Crippen molar-refractivity contribution in [3.8, 4) is 5.75 Å². The standard InChI is InChI=1S/C18H24O3/c1-13(2)16(10-11-19)18(21)9-8-14(3)12-15-6-4-5-7-17(15)20/h4-7,10,12,18-21H,1,8-9,11H2,2-3H3/b14-12+,16-10-. The first-order valence-electron chi connectivity index (χ1n) is 7.05. The maximum Gasteiger partial charge on any atom is 0.122 e. The largest absolute Gasteiger partial charge is 0.507 e. The van der Waals surface area contributed by atoms with Crippen molar-refractivity contribution < 1.29 is 15.3 Å². The van der Waals surface area contributed by atoms with E-state index in [-0.39, 0.29) is 12.4 Å². The molecule has 0 saturated carbocycles. The maximum absolute atomic E-state index is 10.2. The average Bonchev–Trinajstić information content (AvgIpc) is 2.44. The number of benzene rings is 1. The van der Waals surface area contributed by atoms with E-state index in [4.69, 9.17) is 5.11 Å². The number of para-hydroxylation sites is 1. The monoisotopic (exact) mass is 288 g/mol. The van der Waals surface area contributed by atoms with Gasteiger partial charge in [0.1, 0.15) is 5.75 Å². The van der Waals surface area contributed by atoms with Crippen molar-refractivity contribution in [1.82, 2.24) is 0 Å². The van der Waals surface area contributed by atoms with Crippen LogP contribution in [0.2, 0.25) is 0 Å². The van der Waals surface area contributed by atoms with Crippen molar-refractivity contribution in [3.63, 3.8) is 0 Å². The number of aromatic hydroxyl groups is 1. The van der Waals surface area contributed by atoms with Crippen LogP contribution in [0.1, 0.15) is 32.3 Å². The Kier molecular flexibility index (Phi) is 6.92. The first-order chi connectivity index (χ1) is 9.95. The van der Waals surface area contributed by atoms with Crippen molar-refractivity contribution in [3.05, 3.63) is 59.2 Å². The van der Waals surface area contributed by atoms with Gasteiger partial charge in [0.05, 0.1) is 12.7 Å². The van der Waals surface area contributed by atoms with Crippen LogP contribution in [0, 0.1) is 0 Å². The van der Waals surface area contributed by atoms with Crippen molar-refractivity contribution in [2.24, 2.45) is 0 Å². The molecule has 0 heterocycles. The lowest BCUT2D eigenvalue weighted by Crippen LogP contribution is -2.12. The summed E-state index contributed by atoms with van der Waals surface area (Å²) < 4.78 is 0. The van der Waals surface area contributed by atoms with Gasteiger partial charge in [-0.25, -0.2) is 0 Å². The summed E-state index contributed by atoms with van der Waals surface area (Å²) in [5, 5.41) is 28.9. The summed E-state index contributed by atoms with van der Waals surface area (Å²) in [6.07, 6.45) is 4.12. The fraction of sp³-hybridized carbons (Fsp3) is 0.333. The summed E-state index contributed by atoms with van der Waals surface area (Å²) >= 11 is 0. The number of hydrogen-bond donors (Lipinski definition) is 3. The average molecular weight is 288 g/mol. The zero-order valence-electron chi connectivity index (χ0n) is 12.7. The van der Waals surface area contributed by atoms with E-state index in [0.717, 1.165) is 16.7 Å². The van der Waals surface area contributed by atoms with E-state index < -0.39 is 6.10 Å². The highest BCUT2D eigenvalue weighted by molar-refractivity contribution is 5.58. The van der Waals surface area contributed by atoms with Gasteiger partial charge in [-0.1, -0.05) is 48.1 Å². The summed E-state index contributed by atoms with van der Waals surface area (Å²) in [6.45, 7) is 7.49. The molecule has 21 heavy (non-hydrogen) atoms. The molecule has 114 valence electrons. The second-order valence-electron chi connectivity index (χ2n) is 5.23. The van der Waals surface area contributed by atoms with Crippen LogP contribution in [0.5, 0.6) is 5.75 Å². The highest BCUT2D eigenvalue weighted by Crippen LogP contribution is 2.22. The highest BCUT2D eigenvalue weighted by atomic mass is 16.3. The lowest BCUT2D eigenvalue weighted by molar-refractivity contribution is 0.201. The zero-order valence-corrected chi connectivity index (χ0v) is 12.7. The van der Waals surface area contributed by atoms with Crippen molar-refractivity contribution in [2.45, 2.75) is 32.8 Å². The predicted octanol–water partition coefficient (Wildman–Crippen LogP) is 3.43. The quantitative estimate of drug-likeness (QED) is 0.674. The number of allylic oxidation sites excluding steroid dienone is 1. The van der Waals surface area contributed by atoms with Crippen LogP contribution in [0.3, 0.4) is 0 Å². The van der Waals surface area contributed by atoms with Crippen LogP contribution >= 0.6 is 0 Å². The highest BCUT2D eigenvalue weighted by Gasteiger charge is 2.11. The summed E-state index contributed by atoms with van der Waals surface area (Å²) in [7, 11) is 0. The van der Waals surface area contributed by atoms with Gasteiger partial charge < -0.3 is 15.3 Å². The summed E-state index contributed by atoms with van der Waals surface area (Å²) in [5.41, 5.74) is 3.29. The SMILES string of the molecule is C=C(C)/C(=C/CO)C(O)CC/C(C)=C/c1ccccc1O. The third-order valence-corrected chi connectivity index (χ3v) is 3.31. The van der Waals surface area contributed by atoms with E-state index >= 15 is 0 Å². The minimum atomic E-state index is -0.637. The van der Waals surface area contributed by atoms with Gasteiger partial charge in [0.15, 0.2) is 0 Å². The van der Waals surface area contributed by atoms with Gasteiger partial charge in [0, 0.05) is 5.56 Å². The molecule has 0 bridgehead atoms.